The minimum atomic E-state index is 0.335. The highest BCUT2D eigenvalue weighted by Gasteiger charge is 2.32. The molecule has 2 rings (SSSR count). The van der Waals surface area contributed by atoms with Gasteiger partial charge in [0.05, 0.1) is 18.2 Å². The molecule has 1 aliphatic heterocycles. The van der Waals surface area contributed by atoms with Gasteiger partial charge in [0.25, 0.3) is 0 Å². The van der Waals surface area contributed by atoms with Gasteiger partial charge in [-0.2, -0.15) is 10.4 Å². The first-order valence-corrected chi connectivity index (χ1v) is 6.69. The second-order valence-electron chi connectivity index (χ2n) is 5.32. The first-order chi connectivity index (χ1) is 8.56. The minimum absolute atomic E-state index is 0.335. The lowest BCUT2D eigenvalue weighted by Crippen LogP contribution is -2.32. The topological polar surface area (TPSA) is 44.9 Å². The zero-order valence-corrected chi connectivity index (χ0v) is 11.8. The number of aromatic nitrogens is 2. The molecule has 4 heteroatoms. The monoisotopic (exact) mass is 246 g/mol. The van der Waals surface area contributed by atoms with Gasteiger partial charge in [0, 0.05) is 30.4 Å². The van der Waals surface area contributed by atoms with Gasteiger partial charge in [0.1, 0.15) is 0 Å². The van der Waals surface area contributed by atoms with Crippen molar-refractivity contribution < 1.29 is 0 Å². The zero-order chi connectivity index (χ0) is 13.3. The largest absolute Gasteiger partial charge is 0.292 e. The van der Waals surface area contributed by atoms with E-state index in [1.807, 2.05) is 11.7 Å². The number of hydrogen-bond donors (Lipinski definition) is 0. The fourth-order valence-corrected chi connectivity index (χ4v) is 3.15. The van der Waals surface area contributed by atoms with Crippen molar-refractivity contribution >= 4 is 0 Å². The quantitative estimate of drug-likeness (QED) is 0.823. The van der Waals surface area contributed by atoms with Gasteiger partial charge >= 0.3 is 0 Å². The van der Waals surface area contributed by atoms with Crippen LogP contribution in [0.1, 0.15) is 49.2 Å². The SMILES string of the molecule is Cc1nn(C)c(C)c1[C@@H]1CCCN1[C@H](C)CC#N. The average Bonchev–Trinajstić information content (AvgIpc) is 2.86. The van der Waals surface area contributed by atoms with Gasteiger partial charge < -0.3 is 0 Å². The molecule has 98 valence electrons. The van der Waals surface area contributed by atoms with Crippen LogP contribution in [0.15, 0.2) is 0 Å². The van der Waals surface area contributed by atoms with Crippen molar-refractivity contribution in [2.75, 3.05) is 6.54 Å². The lowest BCUT2D eigenvalue weighted by atomic mass is 10.0. The van der Waals surface area contributed by atoms with Crippen LogP contribution in [0.25, 0.3) is 0 Å². The molecule has 1 fully saturated rings. The molecule has 1 aromatic heterocycles. The van der Waals surface area contributed by atoms with E-state index >= 15 is 0 Å². The molecule has 0 N–H and O–H groups in total. The Morgan fingerprint density at radius 1 is 1.50 bits per heavy atom. The Bertz CT molecular complexity index is 469. The van der Waals surface area contributed by atoms with E-state index in [2.05, 4.69) is 36.8 Å². The molecule has 4 nitrogen and oxygen atoms in total. The third kappa shape index (κ3) is 2.15. The van der Waals surface area contributed by atoms with Crippen LogP contribution in [0.2, 0.25) is 0 Å². The molecular formula is C14H22N4. The van der Waals surface area contributed by atoms with Gasteiger partial charge in [0.2, 0.25) is 0 Å². The number of nitrogens with zero attached hydrogens (tertiary/aromatic N) is 4. The summed E-state index contributed by atoms with van der Waals surface area (Å²) >= 11 is 0. The van der Waals surface area contributed by atoms with Crippen LogP contribution >= 0.6 is 0 Å². The molecule has 0 unspecified atom stereocenters. The minimum Gasteiger partial charge on any atom is -0.292 e. The van der Waals surface area contributed by atoms with E-state index in [4.69, 9.17) is 5.26 Å². The number of likely N-dealkylation sites (tertiary alicyclic amines) is 1. The van der Waals surface area contributed by atoms with E-state index in [0.29, 0.717) is 18.5 Å². The summed E-state index contributed by atoms with van der Waals surface area (Å²) < 4.78 is 1.97. The fraction of sp³-hybridized carbons (Fsp3) is 0.714. The predicted octanol–water partition coefficient (Wildman–Crippen LogP) is 2.48. The van der Waals surface area contributed by atoms with E-state index < -0.39 is 0 Å². The summed E-state index contributed by atoms with van der Waals surface area (Å²) in [5, 5.41) is 13.4. The summed E-state index contributed by atoms with van der Waals surface area (Å²) in [5.74, 6) is 0. The summed E-state index contributed by atoms with van der Waals surface area (Å²) in [7, 11) is 2.00. The normalized spacial score (nSPS) is 22.1. The molecule has 18 heavy (non-hydrogen) atoms. The first-order valence-electron chi connectivity index (χ1n) is 6.69. The molecule has 1 aromatic rings. The van der Waals surface area contributed by atoms with Crippen LogP contribution in [0, 0.1) is 25.2 Å². The van der Waals surface area contributed by atoms with Crippen LogP contribution in [-0.4, -0.2) is 27.3 Å². The Labute approximate surface area is 109 Å². The standard InChI is InChI=1S/C14H22N4/c1-10(7-8-15)18-9-5-6-13(18)14-11(2)16-17(4)12(14)3/h10,13H,5-7,9H2,1-4H3/t10-,13+/m1/s1. The third-order valence-electron chi connectivity index (χ3n) is 4.15. The Balaban J connectivity index is 2.29. The van der Waals surface area contributed by atoms with E-state index in [9.17, 15) is 0 Å². The smallest absolute Gasteiger partial charge is 0.0644 e. The van der Waals surface area contributed by atoms with Crippen molar-refractivity contribution in [1.82, 2.24) is 14.7 Å². The molecule has 0 spiro atoms. The Morgan fingerprint density at radius 2 is 2.22 bits per heavy atom. The van der Waals surface area contributed by atoms with Crippen molar-refractivity contribution in [2.24, 2.45) is 7.05 Å². The average molecular weight is 246 g/mol. The molecular weight excluding hydrogens is 224 g/mol. The highest BCUT2D eigenvalue weighted by molar-refractivity contribution is 5.29. The maximum Gasteiger partial charge on any atom is 0.0644 e. The van der Waals surface area contributed by atoms with Crippen molar-refractivity contribution in [2.45, 2.75) is 52.1 Å². The van der Waals surface area contributed by atoms with Crippen LogP contribution in [0.5, 0.6) is 0 Å². The van der Waals surface area contributed by atoms with Gasteiger partial charge in [-0.25, -0.2) is 0 Å². The number of nitriles is 1. The molecule has 0 aliphatic carbocycles. The van der Waals surface area contributed by atoms with Crippen molar-refractivity contribution in [3.63, 3.8) is 0 Å². The molecule has 0 saturated carbocycles. The number of aryl methyl sites for hydroxylation is 2. The molecule has 1 aliphatic rings. The highest BCUT2D eigenvalue weighted by Crippen LogP contribution is 2.37. The third-order valence-corrected chi connectivity index (χ3v) is 4.15. The van der Waals surface area contributed by atoms with E-state index in [1.165, 1.54) is 24.1 Å². The van der Waals surface area contributed by atoms with Gasteiger partial charge in [-0.15, -0.1) is 0 Å². The van der Waals surface area contributed by atoms with E-state index in [0.717, 1.165) is 12.2 Å². The maximum atomic E-state index is 8.87. The number of hydrogen-bond acceptors (Lipinski definition) is 3. The zero-order valence-electron chi connectivity index (χ0n) is 11.8. The Morgan fingerprint density at radius 3 is 2.78 bits per heavy atom. The molecule has 0 bridgehead atoms. The van der Waals surface area contributed by atoms with Crippen LogP contribution in [-0.2, 0) is 7.05 Å². The second kappa shape index (κ2) is 5.11. The van der Waals surface area contributed by atoms with E-state index in [1.54, 1.807) is 0 Å². The molecule has 2 atom stereocenters. The second-order valence-corrected chi connectivity index (χ2v) is 5.32. The Kier molecular flexibility index (Phi) is 3.72. The van der Waals surface area contributed by atoms with E-state index in [-0.39, 0.29) is 0 Å². The summed E-state index contributed by atoms with van der Waals surface area (Å²) in [4.78, 5) is 2.47. The molecule has 0 amide bonds. The van der Waals surface area contributed by atoms with Crippen LogP contribution in [0.4, 0.5) is 0 Å². The summed E-state index contributed by atoms with van der Waals surface area (Å²) in [6.07, 6.45) is 3.01. The van der Waals surface area contributed by atoms with Crippen molar-refractivity contribution in [1.29, 1.82) is 5.26 Å². The summed E-state index contributed by atoms with van der Waals surface area (Å²) in [6, 6.07) is 3.07. The van der Waals surface area contributed by atoms with Gasteiger partial charge in [0.15, 0.2) is 0 Å². The fourth-order valence-electron chi connectivity index (χ4n) is 3.15. The lowest BCUT2D eigenvalue weighted by molar-refractivity contribution is 0.194. The molecule has 1 saturated heterocycles. The van der Waals surface area contributed by atoms with Gasteiger partial charge in [-0.3, -0.25) is 9.58 Å². The molecule has 2 heterocycles. The first kappa shape index (κ1) is 13.1. The highest BCUT2D eigenvalue weighted by atomic mass is 15.3. The summed E-state index contributed by atoms with van der Waals surface area (Å²) in [5.41, 5.74) is 3.77. The lowest BCUT2D eigenvalue weighted by Gasteiger charge is -2.29. The molecule has 0 radical (unpaired) electrons. The van der Waals surface area contributed by atoms with Gasteiger partial charge in [-0.1, -0.05) is 0 Å². The predicted molar refractivity (Wildman–Crippen MR) is 71.1 cm³/mol. The van der Waals surface area contributed by atoms with Crippen molar-refractivity contribution in [3.05, 3.63) is 17.0 Å². The maximum absolute atomic E-state index is 8.87. The van der Waals surface area contributed by atoms with Gasteiger partial charge in [-0.05, 0) is 40.2 Å². The Hall–Kier alpha value is -1.34. The van der Waals surface area contributed by atoms with Crippen LogP contribution in [0.3, 0.4) is 0 Å². The van der Waals surface area contributed by atoms with Crippen molar-refractivity contribution in [3.8, 4) is 6.07 Å². The number of rotatable bonds is 3. The van der Waals surface area contributed by atoms with Crippen LogP contribution < -0.4 is 0 Å². The summed E-state index contributed by atoms with van der Waals surface area (Å²) in [6.45, 7) is 7.48. The molecule has 0 aromatic carbocycles.